The zero-order valence-electron chi connectivity index (χ0n) is 12.8. The van der Waals surface area contributed by atoms with E-state index in [9.17, 15) is 0 Å². The van der Waals surface area contributed by atoms with Gasteiger partial charge in [0.2, 0.25) is 0 Å². The molecule has 20 heavy (non-hydrogen) atoms. The van der Waals surface area contributed by atoms with Crippen molar-refractivity contribution in [2.45, 2.75) is 52.7 Å². The normalized spacial score (nSPS) is 11.2. The Bertz CT molecular complexity index is 511. The minimum atomic E-state index is 0.525. The first-order valence-electron chi connectivity index (χ1n) is 7.50. The van der Waals surface area contributed by atoms with Crippen molar-refractivity contribution in [1.82, 2.24) is 14.9 Å². The van der Waals surface area contributed by atoms with Crippen LogP contribution in [0, 0.1) is 0 Å². The van der Waals surface area contributed by atoms with Crippen molar-refractivity contribution in [3.63, 3.8) is 0 Å². The van der Waals surface area contributed by atoms with Gasteiger partial charge in [0, 0.05) is 37.9 Å². The van der Waals surface area contributed by atoms with E-state index < -0.39 is 0 Å². The molecule has 108 valence electrons. The second kappa shape index (κ2) is 7.25. The zero-order chi connectivity index (χ0) is 14.4. The van der Waals surface area contributed by atoms with Crippen LogP contribution in [0.25, 0.3) is 0 Å². The third-order valence-corrected chi connectivity index (χ3v) is 3.37. The minimum absolute atomic E-state index is 0.525. The molecule has 0 saturated heterocycles. The number of nitrogens with zero attached hydrogens (tertiary/aromatic N) is 2. The molecule has 0 aliphatic rings. The summed E-state index contributed by atoms with van der Waals surface area (Å²) in [5, 5.41) is 3.44. The van der Waals surface area contributed by atoms with E-state index in [1.54, 1.807) is 0 Å². The summed E-state index contributed by atoms with van der Waals surface area (Å²) < 4.78 is 2.24. The summed E-state index contributed by atoms with van der Waals surface area (Å²) in [4.78, 5) is 4.42. The van der Waals surface area contributed by atoms with Gasteiger partial charge in [0.25, 0.3) is 0 Å². The molecule has 0 spiro atoms. The molecule has 0 radical (unpaired) electrons. The summed E-state index contributed by atoms with van der Waals surface area (Å²) in [6, 6.07) is 9.37. The van der Waals surface area contributed by atoms with Gasteiger partial charge in [0.05, 0.1) is 0 Å². The summed E-state index contributed by atoms with van der Waals surface area (Å²) in [6.07, 6.45) is 6.14. The van der Waals surface area contributed by atoms with Crippen LogP contribution < -0.4 is 5.32 Å². The van der Waals surface area contributed by atoms with E-state index in [0.29, 0.717) is 6.04 Å². The van der Waals surface area contributed by atoms with Crippen LogP contribution in [0.2, 0.25) is 0 Å². The third-order valence-electron chi connectivity index (χ3n) is 3.37. The van der Waals surface area contributed by atoms with Crippen LogP contribution in [-0.2, 0) is 19.5 Å². The van der Waals surface area contributed by atoms with Crippen molar-refractivity contribution in [3.05, 3.63) is 53.6 Å². The van der Waals surface area contributed by atoms with Crippen molar-refractivity contribution in [2.75, 3.05) is 0 Å². The second-order valence-corrected chi connectivity index (χ2v) is 5.57. The SMILES string of the molecule is CCCc1nccn1Cc1ccc(CNC(C)C)cc1. The molecular weight excluding hydrogens is 246 g/mol. The van der Waals surface area contributed by atoms with Crippen LogP contribution in [-0.4, -0.2) is 15.6 Å². The van der Waals surface area contributed by atoms with E-state index in [1.807, 2.05) is 6.20 Å². The summed E-state index contributed by atoms with van der Waals surface area (Å²) in [5.41, 5.74) is 2.66. The molecule has 0 saturated carbocycles. The third kappa shape index (κ3) is 4.20. The molecule has 0 atom stereocenters. The van der Waals surface area contributed by atoms with E-state index in [4.69, 9.17) is 0 Å². The first-order valence-corrected chi connectivity index (χ1v) is 7.50. The summed E-state index contributed by atoms with van der Waals surface area (Å²) in [7, 11) is 0. The molecule has 0 aliphatic carbocycles. The van der Waals surface area contributed by atoms with Gasteiger partial charge >= 0.3 is 0 Å². The monoisotopic (exact) mass is 271 g/mol. The average Bonchev–Trinajstić information content (AvgIpc) is 2.86. The fourth-order valence-electron chi connectivity index (χ4n) is 2.22. The molecule has 1 heterocycles. The summed E-state index contributed by atoms with van der Waals surface area (Å²) >= 11 is 0. The van der Waals surface area contributed by atoms with Crippen LogP contribution in [0.15, 0.2) is 36.7 Å². The Morgan fingerprint density at radius 3 is 2.50 bits per heavy atom. The summed E-state index contributed by atoms with van der Waals surface area (Å²) in [5.74, 6) is 1.18. The van der Waals surface area contributed by atoms with Crippen molar-refractivity contribution < 1.29 is 0 Å². The van der Waals surface area contributed by atoms with Gasteiger partial charge in [-0.2, -0.15) is 0 Å². The molecule has 3 nitrogen and oxygen atoms in total. The number of nitrogens with one attached hydrogen (secondary N) is 1. The van der Waals surface area contributed by atoms with Gasteiger partial charge in [-0.25, -0.2) is 4.98 Å². The molecule has 0 unspecified atom stereocenters. The standard InChI is InChI=1S/C17H25N3/c1-4-5-17-18-10-11-20(17)13-16-8-6-15(7-9-16)12-19-14(2)3/h6-11,14,19H,4-5,12-13H2,1-3H3. The van der Waals surface area contributed by atoms with Gasteiger partial charge in [0.1, 0.15) is 5.82 Å². The van der Waals surface area contributed by atoms with Crippen LogP contribution >= 0.6 is 0 Å². The predicted molar refractivity (Wildman–Crippen MR) is 83.7 cm³/mol. The number of imidazole rings is 1. The zero-order valence-corrected chi connectivity index (χ0v) is 12.8. The smallest absolute Gasteiger partial charge is 0.108 e. The molecule has 3 heteroatoms. The Labute approximate surface area is 122 Å². The molecule has 0 fully saturated rings. The molecule has 0 aliphatic heterocycles. The maximum atomic E-state index is 4.42. The fraction of sp³-hybridized carbons (Fsp3) is 0.471. The van der Waals surface area contributed by atoms with Gasteiger partial charge < -0.3 is 9.88 Å². The molecule has 1 aromatic heterocycles. The Balaban J connectivity index is 1.98. The molecule has 0 bridgehead atoms. The Morgan fingerprint density at radius 1 is 1.15 bits per heavy atom. The van der Waals surface area contributed by atoms with Gasteiger partial charge in [0.15, 0.2) is 0 Å². The Kier molecular flexibility index (Phi) is 5.36. The van der Waals surface area contributed by atoms with E-state index >= 15 is 0 Å². The van der Waals surface area contributed by atoms with Crippen LogP contribution in [0.4, 0.5) is 0 Å². The molecule has 2 aromatic rings. The lowest BCUT2D eigenvalue weighted by Gasteiger charge is -2.10. The fourth-order valence-corrected chi connectivity index (χ4v) is 2.22. The van der Waals surface area contributed by atoms with Crippen molar-refractivity contribution in [1.29, 1.82) is 0 Å². The quantitative estimate of drug-likeness (QED) is 0.836. The number of hydrogen-bond acceptors (Lipinski definition) is 2. The maximum absolute atomic E-state index is 4.42. The number of aryl methyl sites for hydroxylation is 1. The first kappa shape index (κ1) is 14.8. The van der Waals surface area contributed by atoms with Crippen LogP contribution in [0.3, 0.4) is 0 Å². The van der Waals surface area contributed by atoms with Gasteiger partial charge in [-0.05, 0) is 17.5 Å². The molecule has 2 rings (SSSR count). The lowest BCUT2D eigenvalue weighted by atomic mass is 10.1. The van der Waals surface area contributed by atoms with Crippen molar-refractivity contribution in [3.8, 4) is 0 Å². The van der Waals surface area contributed by atoms with Gasteiger partial charge in [-0.1, -0.05) is 45.0 Å². The van der Waals surface area contributed by atoms with Crippen molar-refractivity contribution >= 4 is 0 Å². The lowest BCUT2D eigenvalue weighted by molar-refractivity contribution is 0.588. The van der Waals surface area contributed by atoms with Crippen LogP contribution in [0.1, 0.15) is 44.1 Å². The highest BCUT2D eigenvalue weighted by atomic mass is 15.1. The average molecular weight is 271 g/mol. The number of hydrogen-bond donors (Lipinski definition) is 1. The van der Waals surface area contributed by atoms with E-state index in [2.05, 4.69) is 66.1 Å². The number of benzene rings is 1. The highest BCUT2D eigenvalue weighted by molar-refractivity contribution is 5.23. The molecule has 1 aromatic carbocycles. The first-order chi connectivity index (χ1) is 9.69. The van der Waals surface area contributed by atoms with Gasteiger partial charge in [-0.3, -0.25) is 0 Å². The molecular formula is C17H25N3. The lowest BCUT2D eigenvalue weighted by Crippen LogP contribution is -2.21. The highest BCUT2D eigenvalue weighted by Crippen LogP contribution is 2.09. The van der Waals surface area contributed by atoms with E-state index in [0.717, 1.165) is 25.9 Å². The highest BCUT2D eigenvalue weighted by Gasteiger charge is 2.03. The number of rotatable bonds is 7. The van der Waals surface area contributed by atoms with Gasteiger partial charge in [-0.15, -0.1) is 0 Å². The Morgan fingerprint density at radius 2 is 1.85 bits per heavy atom. The molecule has 0 amide bonds. The van der Waals surface area contributed by atoms with E-state index in [1.165, 1.54) is 17.0 Å². The Hall–Kier alpha value is -1.61. The topological polar surface area (TPSA) is 29.9 Å². The van der Waals surface area contributed by atoms with Crippen LogP contribution in [0.5, 0.6) is 0 Å². The minimum Gasteiger partial charge on any atom is -0.331 e. The summed E-state index contributed by atoms with van der Waals surface area (Å²) in [6.45, 7) is 8.37. The van der Waals surface area contributed by atoms with Crippen molar-refractivity contribution in [2.24, 2.45) is 0 Å². The molecule has 1 N–H and O–H groups in total. The maximum Gasteiger partial charge on any atom is 0.108 e. The number of aromatic nitrogens is 2. The largest absolute Gasteiger partial charge is 0.331 e. The van der Waals surface area contributed by atoms with E-state index in [-0.39, 0.29) is 0 Å². The second-order valence-electron chi connectivity index (χ2n) is 5.57. The predicted octanol–water partition coefficient (Wildman–Crippen LogP) is 3.38.